The third kappa shape index (κ3) is 2.16. The van der Waals surface area contributed by atoms with E-state index < -0.39 is 6.10 Å². The Kier molecular flexibility index (Phi) is 2.88. The van der Waals surface area contributed by atoms with Gasteiger partial charge < -0.3 is 5.11 Å². The molecule has 1 fully saturated rings. The first kappa shape index (κ1) is 11.4. The first-order valence-electron chi connectivity index (χ1n) is 6.44. The van der Waals surface area contributed by atoms with Crippen molar-refractivity contribution in [3.63, 3.8) is 0 Å². The standard InChI is InChI=1S/C16H17NO/c1-11-8-13(10-17-9-11)16(18)15-5-3-2-4-14(15)12-6-7-12/h2-5,8-10,12,16,18H,6-7H2,1H3. The smallest absolute Gasteiger partial charge is 0.106 e. The van der Waals surface area contributed by atoms with Crippen LogP contribution in [0, 0.1) is 6.92 Å². The Balaban J connectivity index is 1.99. The van der Waals surface area contributed by atoms with E-state index in [1.165, 1.54) is 18.4 Å². The highest BCUT2D eigenvalue weighted by molar-refractivity contribution is 5.39. The fourth-order valence-corrected chi connectivity index (χ4v) is 2.43. The molecule has 92 valence electrons. The molecule has 0 bridgehead atoms. The molecule has 1 saturated carbocycles. The zero-order chi connectivity index (χ0) is 12.5. The predicted molar refractivity (Wildman–Crippen MR) is 71.5 cm³/mol. The summed E-state index contributed by atoms with van der Waals surface area (Å²) < 4.78 is 0. The maximum Gasteiger partial charge on any atom is 0.106 e. The van der Waals surface area contributed by atoms with Gasteiger partial charge in [0.25, 0.3) is 0 Å². The van der Waals surface area contributed by atoms with Crippen molar-refractivity contribution in [2.45, 2.75) is 31.8 Å². The van der Waals surface area contributed by atoms with E-state index in [1.54, 1.807) is 6.20 Å². The summed E-state index contributed by atoms with van der Waals surface area (Å²) in [5, 5.41) is 10.5. The van der Waals surface area contributed by atoms with Crippen molar-refractivity contribution in [2.75, 3.05) is 0 Å². The number of aliphatic hydroxyl groups excluding tert-OH is 1. The van der Waals surface area contributed by atoms with Crippen LogP contribution in [-0.4, -0.2) is 10.1 Å². The van der Waals surface area contributed by atoms with Crippen molar-refractivity contribution in [2.24, 2.45) is 0 Å². The Morgan fingerprint density at radius 2 is 2.00 bits per heavy atom. The maximum atomic E-state index is 10.5. The van der Waals surface area contributed by atoms with Crippen LogP contribution >= 0.6 is 0 Å². The van der Waals surface area contributed by atoms with Crippen molar-refractivity contribution >= 4 is 0 Å². The number of rotatable bonds is 3. The molecule has 1 aliphatic carbocycles. The Morgan fingerprint density at radius 1 is 1.22 bits per heavy atom. The number of pyridine rings is 1. The number of aliphatic hydroxyl groups is 1. The summed E-state index contributed by atoms with van der Waals surface area (Å²) >= 11 is 0. The van der Waals surface area contributed by atoms with Crippen LogP contribution in [0.15, 0.2) is 42.7 Å². The highest BCUT2D eigenvalue weighted by Gasteiger charge is 2.28. The van der Waals surface area contributed by atoms with Crippen molar-refractivity contribution in [1.29, 1.82) is 0 Å². The van der Waals surface area contributed by atoms with E-state index >= 15 is 0 Å². The van der Waals surface area contributed by atoms with Gasteiger partial charge in [0.05, 0.1) is 0 Å². The minimum absolute atomic E-state index is 0.561. The second-order valence-electron chi connectivity index (χ2n) is 5.10. The predicted octanol–water partition coefficient (Wildman–Crippen LogP) is 3.35. The molecule has 18 heavy (non-hydrogen) atoms. The normalized spacial score (nSPS) is 16.6. The lowest BCUT2D eigenvalue weighted by atomic mass is 9.95. The van der Waals surface area contributed by atoms with Crippen LogP contribution in [-0.2, 0) is 0 Å². The van der Waals surface area contributed by atoms with Crippen LogP contribution < -0.4 is 0 Å². The van der Waals surface area contributed by atoms with Gasteiger partial charge in [-0.1, -0.05) is 30.3 Å². The summed E-state index contributed by atoms with van der Waals surface area (Å²) in [4.78, 5) is 4.16. The van der Waals surface area contributed by atoms with E-state index in [-0.39, 0.29) is 0 Å². The lowest BCUT2D eigenvalue weighted by molar-refractivity contribution is 0.218. The number of hydrogen-bond donors (Lipinski definition) is 1. The molecule has 2 aromatic rings. The van der Waals surface area contributed by atoms with E-state index in [1.807, 2.05) is 31.3 Å². The minimum Gasteiger partial charge on any atom is -0.384 e. The minimum atomic E-state index is -0.561. The molecule has 1 heterocycles. The molecule has 2 nitrogen and oxygen atoms in total. The van der Waals surface area contributed by atoms with Gasteiger partial charge in [0, 0.05) is 18.0 Å². The molecule has 0 aliphatic heterocycles. The first-order valence-corrected chi connectivity index (χ1v) is 6.44. The summed E-state index contributed by atoms with van der Waals surface area (Å²) in [5.41, 5.74) is 4.29. The molecule has 1 unspecified atom stereocenters. The van der Waals surface area contributed by atoms with Crippen LogP contribution in [0.3, 0.4) is 0 Å². The molecule has 1 atom stereocenters. The number of aromatic nitrogens is 1. The zero-order valence-corrected chi connectivity index (χ0v) is 10.5. The van der Waals surface area contributed by atoms with Crippen LogP contribution in [0.4, 0.5) is 0 Å². The number of hydrogen-bond acceptors (Lipinski definition) is 2. The third-order valence-electron chi connectivity index (χ3n) is 3.52. The monoisotopic (exact) mass is 239 g/mol. The van der Waals surface area contributed by atoms with Gasteiger partial charge in [-0.15, -0.1) is 0 Å². The molecule has 1 aromatic carbocycles. The van der Waals surface area contributed by atoms with Gasteiger partial charge >= 0.3 is 0 Å². The fourth-order valence-electron chi connectivity index (χ4n) is 2.43. The lowest BCUT2D eigenvalue weighted by Crippen LogP contribution is -2.04. The second kappa shape index (κ2) is 4.54. The Bertz CT molecular complexity index is 561. The van der Waals surface area contributed by atoms with Gasteiger partial charge in [0.1, 0.15) is 6.10 Å². The van der Waals surface area contributed by atoms with Gasteiger partial charge in [-0.25, -0.2) is 0 Å². The zero-order valence-electron chi connectivity index (χ0n) is 10.5. The van der Waals surface area contributed by atoms with Crippen molar-refractivity contribution in [3.8, 4) is 0 Å². The number of nitrogens with zero attached hydrogens (tertiary/aromatic N) is 1. The molecule has 3 rings (SSSR count). The maximum absolute atomic E-state index is 10.5. The summed E-state index contributed by atoms with van der Waals surface area (Å²) in [6, 6.07) is 10.2. The third-order valence-corrected chi connectivity index (χ3v) is 3.52. The van der Waals surface area contributed by atoms with Crippen molar-refractivity contribution in [1.82, 2.24) is 4.98 Å². The molecular formula is C16H17NO. The summed E-state index contributed by atoms with van der Waals surface area (Å²) in [5.74, 6) is 0.647. The highest BCUT2D eigenvalue weighted by Crippen LogP contribution is 2.43. The highest BCUT2D eigenvalue weighted by atomic mass is 16.3. The van der Waals surface area contributed by atoms with Crippen LogP contribution in [0.1, 0.15) is 47.1 Å². The molecule has 0 radical (unpaired) electrons. The van der Waals surface area contributed by atoms with Crippen molar-refractivity contribution < 1.29 is 5.11 Å². The second-order valence-corrected chi connectivity index (χ2v) is 5.10. The Labute approximate surface area is 107 Å². The summed E-state index contributed by atoms with van der Waals surface area (Å²) in [7, 11) is 0. The fraction of sp³-hybridized carbons (Fsp3) is 0.312. The largest absolute Gasteiger partial charge is 0.384 e. The quantitative estimate of drug-likeness (QED) is 0.891. The molecule has 0 spiro atoms. The Hall–Kier alpha value is -1.67. The molecule has 2 heteroatoms. The van der Waals surface area contributed by atoms with E-state index in [9.17, 15) is 5.11 Å². The van der Waals surface area contributed by atoms with Gasteiger partial charge in [0.2, 0.25) is 0 Å². The van der Waals surface area contributed by atoms with Gasteiger partial charge in [0.15, 0.2) is 0 Å². The van der Waals surface area contributed by atoms with Gasteiger partial charge in [-0.2, -0.15) is 0 Å². The molecule has 1 aromatic heterocycles. The first-order chi connectivity index (χ1) is 8.75. The average molecular weight is 239 g/mol. The molecular weight excluding hydrogens is 222 g/mol. The molecule has 0 saturated heterocycles. The topological polar surface area (TPSA) is 33.1 Å². The van der Waals surface area contributed by atoms with Gasteiger partial charge in [-0.3, -0.25) is 4.98 Å². The number of aryl methyl sites for hydroxylation is 1. The summed E-state index contributed by atoms with van der Waals surface area (Å²) in [6.07, 6.45) is 5.49. The average Bonchev–Trinajstić information content (AvgIpc) is 3.22. The molecule has 1 aliphatic rings. The van der Waals surface area contributed by atoms with E-state index in [4.69, 9.17) is 0 Å². The van der Waals surface area contributed by atoms with Crippen LogP contribution in [0.2, 0.25) is 0 Å². The summed E-state index contributed by atoms with van der Waals surface area (Å²) in [6.45, 7) is 2.00. The SMILES string of the molecule is Cc1cncc(C(O)c2ccccc2C2CC2)c1. The van der Waals surface area contributed by atoms with Crippen LogP contribution in [0.25, 0.3) is 0 Å². The van der Waals surface area contributed by atoms with Crippen molar-refractivity contribution in [3.05, 3.63) is 65.0 Å². The number of benzene rings is 1. The van der Waals surface area contributed by atoms with E-state index in [0.29, 0.717) is 5.92 Å². The van der Waals surface area contributed by atoms with E-state index in [2.05, 4.69) is 17.1 Å². The van der Waals surface area contributed by atoms with Gasteiger partial charge in [-0.05, 0) is 42.4 Å². The molecule has 1 N–H and O–H groups in total. The molecule has 0 amide bonds. The lowest BCUT2D eigenvalue weighted by Gasteiger charge is -2.15. The van der Waals surface area contributed by atoms with Crippen LogP contribution in [0.5, 0.6) is 0 Å². The van der Waals surface area contributed by atoms with E-state index in [0.717, 1.165) is 16.7 Å². The Morgan fingerprint density at radius 3 is 2.72 bits per heavy atom.